The number of hydrazine groups is 1. The molecule has 0 spiro atoms. The third-order valence-corrected chi connectivity index (χ3v) is 6.61. The lowest BCUT2D eigenvalue weighted by Crippen LogP contribution is -2.42. The molecule has 0 aliphatic carbocycles. The van der Waals surface area contributed by atoms with Gasteiger partial charge in [0.2, 0.25) is 0 Å². The van der Waals surface area contributed by atoms with E-state index in [-0.39, 0.29) is 6.04 Å². The van der Waals surface area contributed by atoms with Crippen molar-refractivity contribution < 1.29 is 0 Å². The van der Waals surface area contributed by atoms with Crippen LogP contribution in [0.25, 0.3) is 0 Å². The number of hydrogen-bond acceptors (Lipinski definition) is 3. The molecular formula is C21H24Cl3N3. The van der Waals surface area contributed by atoms with Crippen LogP contribution in [0.5, 0.6) is 0 Å². The molecule has 2 aliphatic rings. The maximum Gasteiger partial charge on any atom is 0.0492 e. The van der Waals surface area contributed by atoms with Crippen LogP contribution in [0.15, 0.2) is 42.5 Å². The van der Waals surface area contributed by atoms with Crippen LogP contribution in [-0.4, -0.2) is 24.0 Å². The summed E-state index contributed by atoms with van der Waals surface area (Å²) in [4.78, 5) is 2.54. The molecule has 2 aromatic carbocycles. The Hall–Kier alpha value is -0.810. The lowest BCUT2D eigenvalue weighted by molar-refractivity contribution is 0.155. The zero-order chi connectivity index (χ0) is 18.8. The monoisotopic (exact) mass is 423 g/mol. The molecule has 4 rings (SSSR count). The molecular weight excluding hydrogens is 401 g/mol. The first kappa shape index (κ1) is 19.5. The normalized spacial score (nSPS) is 24.4. The number of halogens is 3. The third-order valence-electron chi connectivity index (χ3n) is 5.79. The van der Waals surface area contributed by atoms with Gasteiger partial charge >= 0.3 is 0 Å². The lowest BCUT2D eigenvalue weighted by Gasteiger charge is -2.34. The number of nitrogens with zero attached hydrogens (tertiary/aromatic N) is 1. The van der Waals surface area contributed by atoms with Crippen LogP contribution < -0.4 is 10.9 Å². The molecule has 3 nitrogen and oxygen atoms in total. The van der Waals surface area contributed by atoms with Crippen LogP contribution in [0.2, 0.25) is 15.1 Å². The summed E-state index contributed by atoms with van der Waals surface area (Å²) in [6.07, 6.45) is 3.49. The van der Waals surface area contributed by atoms with Crippen molar-refractivity contribution in [2.24, 2.45) is 5.92 Å². The Labute approximate surface area is 176 Å². The molecule has 144 valence electrons. The van der Waals surface area contributed by atoms with Crippen LogP contribution >= 0.6 is 34.8 Å². The fourth-order valence-corrected chi connectivity index (χ4v) is 4.91. The highest BCUT2D eigenvalue weighted by Crippen LogP contribution is 2.34. The number of rotatable bonds is 4. The minimum absolute atomic E-state index is 0.242. The highest BCUT2D eigenvalue weighted by molar-refractivity contribution is 6.35. The SMILES string of the molecule is Clc1ccc(CN2CCC(C3CC(c4ccc(Cl)cc4Cl)NN3)CC2)cc1. The number of benzene rings is 2. The van der Waals surface area contributed by atoms with E-state index in [9.17, 15) is 0 Å². The van der Waals surface area contributed by atoms with Gasteiger partial charge in [-0.25, -0.2) is 5.43 Å². The van der Waals surface area contributed by atoms with Gasteiger partial charge in [-0.2, -0.15) is 0 Å². The summed E-state index contributed by atoms with van der Waals surface area (Å²) < 4.78 is 0. The molecule has 0 aromatic heterocycles. The number of hydrogen-bond donors (Lipinski definition) is 2. The first-order valence-corrected chi connectivity index (χ1v) is 10.6. The van der Waals surface area contributed by atoms with E-state index in [2.05, 4.69) is 27.9 Å². The molecule has 0 bridgehead atoms. The Bertz CT molecular complexity index is 773. The van der Waals surface area contributed by atoms with Gasteiger partial charge in [-0.05, 0) is 73.7 Å². The minimum atomic E-state index is 0.242. The highest BCUT2D eigenvalue weighted by Gasteiger charge is 2.33. The molecule has 0 saturated carbocycles. The second kappa shape index (κ2) is 8.69. The van der Waals surface area contributed by atoms with E-state index in [0.29, 0.717) is 17.0 Å². The maximum atomic E-state index is 6.38. The fourth-order valence-electron chi connectivity index (χ4n) is 4.24. The van der Waals surface area contributed by atoms with Crippen LogP contribution in [0, 0.1) is 5.92 Å². The van der Waals surface area contributed by atoms with Gasteiger partial charge < -0.3 is 0 Å². The molecule has 6 heteroatoms. The van der Waals surface area contributed by atoms with Gasteiger partial charge in [-0.1, -0.05) is 53.0 Å². The van der Waals surface area contributed by atoms with Gasteiger partial charge in [0.1, 0.15) is 0 Å². The molecule has 2 heterocycles. The predicted octanol–water partition coefficient (Wildman–Crippen LogP) is 5.47. The van der Waals surface area contributed by atoms with E-state index in [0.717, 1.165) is 41.7 Å². The van der Waals surface area contributed by atoms with E-state index in [1.54, 1.807) is 0 Å². The predicted molar refractivity (Wildman–Crippen MR) is 113 cm³/mol. The van der Waals surface area contributed by atoms with E-state index in [1.165, 1.54) is 18.4 Å². The number of piperidine rings is 1. The smallest absolute Gasteiger partial charge is 0.0492 e. The van der Waals surface area contributed by atoms with Crippen molar-refractivity contribution in [3.05, 3.63) is 68.7 Å². The molecule has 0 radical (unpaired) electrons. The molecule has 2 fully saturated rings. The van der Waals surface area contributed by atoms with Crippen LogP contribution in [0.1, 0.15) is 36.4 Å². The van der Waals surface area contributed by atoms with Crippen molar-refractivity contribution in [1.29, 1.82) is 0 Å². The Morgan fingerprint density at radius 2 is 1.59 bits per heavy atom. The van der Waals surface area contributed by atoms with Crippen LogP contribution in [0.4, 0.5) is 0 Å². The molecule has 2 aliphatic heterocycles. The zero-order valence-electron chi connectivity index (χ0n) is 15.1. The molecule has 2 unspecified atom stereocenters. The maximum absolute atomic E-state index is 6.38. The van der Waals surface area contributed by atoms with Crippen molar-refractivity contribution in [2.45, 2.75) is 37.9 Å². The topological polar surface area (TPSA) is 27.3 Å². The molecule has 2 atom stereocenters. The van der Waals surface area contributed by atoms with Gasteiger partial charge in [0.15, 0.2) is 0 Å². The van der Waals surface area contributed by atoms with Crippen molar-refractivity contribution in [3.8, 4) is 0 Å². The van der Waals surface area contributed by atoms with E-state index in [1.807, 2.05) is 30.3 Å². The molecule has 2 N–H and O–H groups in total. The van der Waals surface area contributed by atoms with E-state index < -0.39 is 0 Å². The fraction of sp³-hybridized carbons (Fsp3) is 0.429. The average Bonchev–Trinajstić information content (AvgIpc) is 3.14. The number of nitrogens with one attached hydrogen (secondary N) is 2. The Morgan fingerprint density at radius 3 is 2.30 bits per heavy atom. The summed E-state index contributed by atoms with van der Waals surface area (Å²) in [5, 5.41) is 2.21. The van der Waals surface area contributed by atoms with Crippen LogP contribution in [-0.2, 0) is 6.54 Å². The molecule has 2 aromatic rings. The average molecular weight is 425 g/mol. The molecule has 2 saturated heterocycles. The third kappa shape index (κ3) is 4.79. The molecule has 27 heavy (non-hydrogen) atoms. The van der Waals surface area contributed by atoms with Crippen molar-refractivity contribution in [2.75, 3.05) is 13.1 Å². The molecule has 0 amide bonds. The largest absolute Gasteiger partial charge is 0.299 e. The Morgan fingerprint density at radius 1 is 0.889 bits per heavy atom. The van der Waals surface area contributed by atoms with Gasteiger partial charge in [-0.3, -0.25) is 10.3 Å². The second-order valence-electron chi connectivity index (χ2n) is 7.59. The summed E-state index contributed by atoms with van der Waals surface area (Å²) in [6.45, 7) is 3.28. The van der Waals surface area contributed by atoms with Crippen molar-refractivity contribution in [3.63, 3.8) is 0 Å². The van der Waals surface area contributed by atoms with Crippen molar-refractivity contribution >= 4 is 34.8 Å². The summed E-state index contributed by atoms with van der Waals surface area (Å²) in [6, 6.07) is 14.7. The second-order valence-corrected chi connectivity index (χ2v) is 8.87. The quantitative estimate of drug-likeness (QED) is 0.682. The summed E-state index contributed by atoms with van der Waals surface area (Å²) in [5.74, 6) is 0.690. The number of likely N-dealkylation sites (tertiary alicyclic amines) is 1. The summed E-state index contributed by atoms with van der Waals surface area (Å²) in [7, 11) is 0. The summed E-state index contributed by atoms with van der Waals surface area (Å²) >= 11 is 18.4. The van der Waals surface area contributed by atoms with Crippen molar-refractivity contribution in [1.82, 2.24) is 15.8 Å². The minimum Gasteiger partial charge on any atom is -0.299 e. The van der Waals surface area contributed by atoms with Gasteiger partial charge in [0.25, 0.3) is 0 Å². The van der Waals surface area contributed by atoms with Gasteiger partial charge in [-0.15, -0.1) is 0 Å². The first-order valence-electron chi connectivity index (χ1n) is 9.51. The Balaban J connectivity index is 1.29. The van der Waals surface area contributed by atoms with E-state index in [4.69, 9.17) is 34.8 Å². The van der Waals surface area contributed by atoms with E-state index >= 15 is 0 Å². The Kier molecular flexibility index (Phi) is 6.28. The van der Waals surface area contributed by atoms with Crippen LogP contribution in [0.3, 0.4) is 0 Å². The first-order chi connectivity index (χ1) is 13.1. The standard InChI is InChI=1S/C21H24Cl3N3/c22-16-3-1-14(2-4-16)13-27-9-7-15(8-10-27)20-12-21(26-25-20)18-6-5-17(23)11-19(18)24/h1-6,11,15,20-21,25-26H,7-10,12-13H2. The highest BCUT2D eigenvalue weighted by atomic mass is 35.5. The lowest BCUT2D eigenvalue weighted by atomic mass is 9.86. The zero-order valence-corrected chi connectivity index (χ0v) is 17.4. The summed E-state index contributed by atoms with van der Waals surface area (Å²) in [5.41, 5.74) is 9.40. The van der Waals surface area contributed by atoms with Gasteiger partial charge in [0.05, 0.1) is 0 Å². The van der Waals surface area contributed by atoms with Gasteiger partial charge in [0, 0.05) is 33.7 Å².